The highest BCUT2D eigenvalue weighted by molar-refractivity contribution is 5.93. The summed E-state index contributed by atoms with van der Waals surface area (Å²) in [4.78, 5) is 27.3. The maximum absolute atomic E-state index is 13.7. The molecule has 0 fully saturated rings. The third-order valence-electron chi connectivity index (χ3n) is 10.9. The van der Waals surface area contributed by atoms with Crippen LogP contribution in [0.25, 0.3) is 11.1 Å². The van der Waals surface area contributed by atoms with Gasteiger partial charge < -0.3 is 101 Å². The van der Waals surface area contributed by atoms with Gasteiger partial charge in [-0.05, 0) is 36.4 Å². The van der Waals surface area contributed by atoms with Crippen molar-refractivity contribution in [1.29, 1.82) is 0 Å². The number of benzene rings is 6. The van der Waals surface area contributed by atoms with Gasteiger partial charge in [-0.25, -0.2) is 9.59 Å². The van der Waals surface area contributed by atoms with Gasteiger partial charge in [-0.1, -0.05) is 0 Å². The van der Waals surface area contributed by atoms with E-state index in [0.717, 1.165) is 60.7 Å². The number of phenols is 16. The lowest BCUT2D eigenvalue weighted by Gasteiger charge is -2.37. The quantitative estimate of drug-likeness (QED) is 0.0777. The van der Waals surface area contributed by atoms with E-state index in [-0.39, 0.29) is 22.6 Å². The molecule has 2 aliphatic rings. The molecule has 0 amide bonds. The summed E-state index contributed by atoms with van der Waals surface area (Å²) in [6, 6.07) is 8.30. The number of phenolic OH excluding ortho intramolecular Hbond substituents is 16. The van der Waals surface area contributed by atoms with E-state index in [0.29, 0.717) is 0 Å². The Labute approximate surface area is 367 Å². The van der Waals surface area contributed by atoms with Crippen molar-refractivity contribution in [3.8, 4) is 115 Å². The zero-order chi connectivity index (χ0) is 47.8. The zero-order valence-electron chi connectivity index (χ0n) is 33.1. The van der Waals surface area contributed by atoms with Gasteiger partial charge in [0.2, 0.25) is 11.5 Å². The molecule has 2 unspecified atom stereocenters. The predicted molar refractivity (Wildman–Crippen MR) is 217 cm³/mol. The van der Waals surface area contributed by atoms with E-state index in [1.54, 1.807) is 0 Å². The molecular weight excluding hydrogens is 880 g/mol. The van der Waals surface area contributed by atoms with Gasteiger partial charge in [-0.15, -0.1) is 0 Å². The normalized spacial score (nSPS) is 17.4. The summed E-state index contributed by atoms with van der Waals surface area (Å²) in [5.74, 6) is -18.5. The van der Waals surface area contributed by atoms with Crippen molar-refractivity contribution in [1.82, 2.24) is 0 Å². The van der Waals surface area contributed by atoms with Crippen LogP contribution in [-0.2, 0) is 22.3 Å². The first-order valence-corrected chi connectivity index (χ1v) is 19.0. The number of aromatic hydroxyl groups is 16. The molecule has 342 valence electrons. The van der Waals surface area contributed by atoms with Crippen LogP contribution in [0.5, 0.6) is 103 Å². The molecule has 0 spiro atoms. The molecule has 0 bridgehead atoms. The summed E-state index contributed by atoms with van der Waals surface area (Å²) in [6.07, 6.45) is -8.25. The highest BCUT2D eigenvalue weighted by Gasteiger charge is 2.44. The second-order valence-electron chi connectivity index (χ2n) is 15.1. The summed E-state index contributed by atoms with van der Waals surface area (Å²) in [6.45, 7) is 0. The van der Waals surface area contributed by atoms with Crippen molar-refractivity contribution in [2.45, 2.75) is 37.3 Å². The average Bonchev–Trinajstić information content (AvgIpc) is 3.25. The van der Waals surface area contributed by atoms with Crippen molar-refractivity contribution < 1.29 is 110 Å². The first-order chi connectivity index (χ1) is 31.1. The number of rotatable bonds is 7. The van der Waals surface area contributed by atoms with Crippen LogP contribution < -0.4 is 9.47 Å². The third kappa shape index (κ3) is 7.32. The minimum atomic E-state index is -1.87. The Balaban J connectivity index is 1.34. The minimum Gasteiger partial charge on any atom is -0.508 e. The molecule has 2 heterocycles. The molecule has 0 saturated carbocycles. The Morgan fingerprint density at radius 1 is 0.394 bits per heavy atom. The average molecular weight is 915 g/mol. The lowest BCUT2D eigenvalue weighted by molar-refractivity contribution is -0.0196. The smallest absolute Gasteiger partial charge is 0.338 e. The molecule has 0 aliphatic carbocycles. The van der Waals surface area contributed by atoms with Crippen LogP contribution in [0.4, 0.5) is 0 Å². The number of carbonyl (C=O) groups is 2. The van der Waals surface area contributed by atoms with Crippen molar-refractivity contribution in [2.75, 3.05) is 0 Å². The second kappa shape index (κ2) is 15.8. The van der Waals surface area contributed by atoms with E-state index in [1.165, 1.54) is 0 Å². The molecular formula is C44H34O22. The van der Waals surface area contributed by atoms with Crippen LogP contribution in [0.1, 0.15) is 55.2 Å². The summed E-state index contributed by atoms with van der Waals surface area (Å²) in [5.41, 5.74) is -3.93. The Morgan fingerprint density at radius 2 is 0.712 bits per heavy atom. The van der Waals surface area contributed by atoms with Gasteiger partial charge in [-0.3, -0.25) is 0 Å². The van der Waals surface area contributed by atoms with E-state index < -0.39 is 175 Å². The lowest BCUT2D eigenvalue weighted by atomic mass is 9.83. The molecule has 66 heavy (non-hydrogen) atoms. The van der Waals surface area contributed by atoms with Crippen molar-refractivity contribution in [2.24, 2.45) is 0 Å². The van der Waals surface area contributed by atoms with Crippen LogP contribution in [0.3, 0.4) is 0 Å². The van der Waals surface area contributed by atoms with Gasteiger partial charge in [0.05, 0.1) is 11.1 Å². The van der Waals surface area contributed by atoms with Gasteiger partial charge >= 0.3 is 11.9 Å². The second-order valence-corrected chi connectivity index (χ2v) is 15.1. The monoisotopic (exact) mass is 914 g/mol. The molecule has 22 nitrogen and oxygen atoms in total. The number of hydrogen-bond acceptors (Lipinski definition) is 22. The molecule has 2 aliphatic heterocycles. The SMILES string of the molecule is O=C(O[C@@H]1Cc2c(O)cc(O)cc2OC1c1cc(O)c(O)c(O)c1-c1c(C2Oc3cc(O)cc(O)c3C[C@H]2OC(=O)c2cc(O)c(O)c(O)c2)cc(O)c(O)c1O)c1cc(O)c(O)c(O)c1. The maximum Gasteiger partial charge on any atom is 0.338 e. The van der Waals surface area contributed by atoms with Crippen LogP contribution in [-0.4, -0.2) is 106 Å². The third-order valence-corrected chi connectivity index (χ3v) is 10.9. The first kappa shape index (κ1) is 43.3. The van der Waals surface area contributed by atoms with Crippen molar-refractivity contribution >= 4 is 11.9 Å². The molecule has 6 aromatic rings. The first-order valence-electron chi connectivity index (χ1n) is 19.0. The van der Waals surface area contributed by atoms with E-state index in [2.05, 4.69) is 0 Å². The van der Waals surface area contributed by atoms with Crippen LogP contribution in [0.15, 0.2) is 60.7 Å². The number of carbonyl (C=O) groups excluding carboxylic acids is 2. The Morgan fingerprint density at radius 3 is 1.05 bits per heavy atom. The van der Waals surface area contributed by atoms with Gasteiger partial charge in [0.25, 0.3) is 0 Å². The van der Waals surface area contributed by atoms with E-state index >= 15 is 0 Å². The standard InChI is InChI=1S/C44H34O22/c45-15-5-21(47)17-11-31(65-43(61)13-1-23(49)35(55)24(50)2-13)41(63-29(17)7-15)19-9-27(53)37(57)39(59)33(19)34-20(10-28(54)38(58)40(34)60)42-32(12-18-22(48)6-16(46)8-30(18)64-42)66-44(62)14-3-25(51)36(56)26(52)4-14/h1-10,31-32,41-42,45-60H,11-12H2/t31-,32-,41?,42?/m1/s1. The predicted octanol–water partition coefficient (Wildman–Crippen LogP) is 4.45. The number of esters is 2. The Bertz CT molecular complexity index is 2790. The summed E-state index contributed by atoms with van der Waals surface area (Å²) in [5, 5.41) is 170. The summed E-state index contributed by atoms with van der Waals surface area (Å²) in [7, 11) is 0. The fourth-order valence-corrected chi connectivity index (χ4v) is 7.79. The highest BCUT2D eigenvalue weighted by atomic mass is 16.6. The topological polar surface area (TPSA) is 395 Å². The minimum absolute atomic E-state index is 0.0847. The number of hydrogen-bond donors (Lipinski definition) is 16. The van der Waals surface area contributed by atoms with Crippen LogP contribution >= 0.6 is 0 Å². The van der Waals surface area contributed by atoms with Gasteiger partial charge in [0.15, 0.2) is 69.7 Å². The molecule has 16 N–H and O–H groups in total. The largest absolute Gasteiger partial charge is 0.508 e. The van der Waals surface area contributed by atoms with Gasteiger partial charge in [0, 0.05) is 70.5 Å². The van der Waals surface area contributed by atoms with Crippen LogP contribution in [0, 0.1) is 0 Å². The highest BCUT2D eigenvalue weighted by Crippen LogP contribution is 2.58. The van der Waals surface area contributed by atoms with Crippen molar-refractivity contribution in [3.05, 3.63) is 94.0 Å². The van der Waals surface area contributed by atoms with Gasteiger partial charge in [-0.2, -0.15) is 0 Å². The van der Waals surface area contributed by atoms with E-state index in [1.807, 2.05) is 0 Å². The molecule has 8 rings (SSSR count). The molecule has 0 radical (unpaired) electrons. The molecule has 22 heteroatoms. The number of fused-ring (bicyclic) bond motifs is 2. The Hall–Kier alpha value is -9.34. The lowest BCUT2D eigenvalue weighted by Crippen LogP contribution is -2.36. The van der Waals surface area contributed by atoms with E-state index in [4.69, 9.17) is 18.9 Å². The van der Waals surface area contributed by atoms with Gasteiger partial charge in [0.1, 0.15) is 46.7 Å². The van der Waals surface area contributed by atoms with E-state index in [9.17, 15) is 91.3 Å². The van der Waals surface area contributed by atoms with Crippen LogP contribution in [0.2, 0.25) is 0 Å². The summed E-state index contributed by atoms with van der Waals surface area (Å²) >= 11 is 0. The molecule has 6 aromatic carbocycles. The molecule has 0 aromatic heterocycles. The summed E-state index contributed by atoms with van der Waals surface area (Å²) < 4.78 is 23.8. The molecule has 0 saturated heterocycles. The molecule has 4 atom stereocenters. The fourth-order valence-electron chi connectivity index (χ4n) is 7.79. The number of ether oxygens (including phenoxy) is 4. The fraction of sp³-hybridized carbons (Fsp3) is 0.136. The maximum atomic E-state index is 13.7. The zero-order valence-corrected chi connectivity index (χ0v) is 33.1. The van der Waals surface area contributed by atoms with Crippen molar-refractivity contribution in [3.63, 3.8) is 0 Å². The Kier molecular flexibility index (Phi) is 10.4.